The largest absolute Gasteiger partial charge is 0.513 e. The fraction of sp³-hybridized carbons (Fsp3) is 0.0625. The monoisotopic (exact) mass is 286 g/mol. The van der Waals surface area contributed by atoms with Gasteiger partial charge in [0, 0.05) is 15.8 Å². The van der Waals surface area contributed by atoms with Gasteiger partial charge in [0.2, 0.25) is 0 Å². The van der Waals surface area contributed by atoms with Crippen molar-refractivity contribution in [3.63, 3.8) is 0 Å². The number of rotatable bonds is 1. The van der Waals surface area contributed by atoms with E-state index in [1.807, 2.05) is 42.5 Å². The van der Waals surface area contributed by atoms with Gasteiger partial charge < -0.3 is 9.47 Å². The zero-order chi connectivity index (χ0) is 14.1. The third-order valence-electron chi connectivity index (χ3n) is 3.13. The first-order chi connectivity index (χ1) is 9.69. The van der Waals surface area contributed by atoms with E-state index in [9.17, 15) is 4.79 Å². The Hall–Kier alpha value is -2.26. The van der Waals surface area contributed by atoms with Crippen LogP contribution in [-0.4, -0.2) is 13.3 Å². The number of carbonyl (C=O) groups is 1. The van der Waals surface area contributed by atoms with Crippen LogP contribution in [0.25, 0.3) is 21.5 Å². The number of carbonyl (C=O) groups excluding carboxylic acids is 1. The van der Waals surface area contributed by atoms with Crippen LogP contribution in [-0.2, 0) is 4.74 Å². The van der Waals surface area contributed by atoms with Gasteiger partial charge in [-0.15, -0.1) is 0 Å². The molecule has 0 amide bonds. The van der Waals surface area contributed by atoms with Crippen molar-refractivity contribution < 1.29 is 14.3 Å². The van der Waals surface area contributed by atoms with E-state index in [-0.39, 0.29) is 0 Å². The molecule has 0 unspecified atom stereocenters. The van der Waals surface area contributed by atoms with Gasteiger partial charge in [0.1, 0.15) is 5.75 Å². The van der Waals surface area contributed by atoms with Crippen molar-refractivity contribution in [3.05, 3.63) is 53.6 Å². The van der Waals surface area contributed by atoms with Gasteiger partial charge in [0.05, 0.1) is 7.11 Å². The van der Waals surface area contributed by atoms with Crippen LogP contribution in [0.5, 0.6) is 5.75 Å². The normalized spacial score (nSPS) is 10.7. The third kappa shape index (κ3) is 2.17. The summed E-state index contributed by atoms with van der Waals surface area (Å²) < 4.78 is 9.91. The predicted octanol–water partition coefficient (Wildman–Crippen LogP) is 4.79. The molecule has 0 saturated carbocycles. The van der Waals surface area contributed by atoms with Crippen molar-refractivity contribution in [2.75, 3.05) is 7.11 Å². The van der Waals surface area contributed by atoms with Crippen LogP contribution in [0, 0.1) is 0 Å². The molecular weight excluding hydrogens is 276 g/mol. The van der Waals surface area contributed by atoms with E-state index in [1.54, 1.807) is 6.07 Å². The van der Waals surface area contributed by atoms with Crippen LogP contribution < -0.4 is 4.74 Å². The molecule has 0 aromatic heterocycles. The molecule has 3 aromatic rings. The Labute approximate surface area is 120 Å². The van der Waals surface area contributed by atoms with Crippen molar-refractivity contribution >= 4 is 39.3 Å². The van der Waals surface area contributed by atoms with Gasteiger partial charge in [-0.3, -0.25) is 0 Å². The Morgan fingerprint density at radius 2 is 1.75 bits per heavy atom. The van der Waals surface area contributed by atoms with Gasteiger partial charge in [0.15, 0.2) is 0 Å². The molecule has 3 aromatic carbocycles. The van der Waals surface area contributed by atoms with Crippen LogP contribution >= 0.6 is 11.6 Å². The molecule has 0 bridgehead atoms. The van der Waals surface area contributed by atoms with Crippen molar-refractivity contribution in [3.8, 4) is 5.75 Å². The highest BCUT2D eigenvalue weighted by atomic mass is 35.5. The maximum absolute atomic E-state index is 11.5. The first-order valence-corrected chi connectivity index (χ1v) is 6.43. The summed E-state index contributed by atoms with van der Waals surface area (Å²) in [5, 5.41) is 4.19. The molecule has 4 heteroatoms. The lowest BCUT2D eigenvalue weighted by atomic mass is 10.0. The van der Waals surface area contributed by atoms with Crippen LogP contribution in [0.2, 0.25) is 5.02 Å². The van der Waals surface area contributed by atoms with E-state index in [0.29, 0.717) is 10.8 Å². The summed E-state index contributed by atoms with van der Waals surface area (Å²) in [5.41, 5.74) is 0. The first kappa shape index (κ1) is 12.8. The molecule has 0 saturated heterocycles. The quantitative estimate of drug-likeness (QED) is 0.366. The summed E-state index contributed by atoms with van der Waals surface area (Å²) >= 11 is 6.02. The van der Waals surface area contributed by atoms with E-state index >= 15 is 0 Å². The summed E-state index contributed by atoms with van der Waals surface area (Å²) in [6, 6.07) is 15.1. The molecule has 0 N–H and O–H groups in total. The van der Waals surface area contributed by atoms with E-state index in [0.717, 1.165) is 21.5 Å². The number of hydrogen-bond donors (Lipinski definition) is 0. The van der Waals surface area contributed by atoms with E-state index in [4.69, 9.17) is 16.3 Å². The van der Waals surface area contributed by atoms with Crippen LogP contribution in [0.15, 0.2) is 48.5 Å². The van der Waals surface area contributed by atoms with E-state index in [1.165, 1.54) is 7.11 Å². The van der Waals surface area contributed by atoms with Gasteiger partial charge in [-0.05, 0) is 35.0 Å². The number of benzene rings is 3. The molecule has 100 valence electrons. The summed E-state index contributed by atoms with van der Waals surface area (Å²) in [6.07, 6.45) is -0.738. The molecular formula is C16H11ClO3. The topological polar surface area (TPSA) is 35.5 Å². The Morgan fingerprint density at radius 3 is 2.55 bits per heavy atom. The molecule has 0 radical (unpaired) electrons. The maximum atomic E-state index is 11.5. The lowest BCUT2D eigenvalue weighted by Crippen LogP contribution is -2.08. The minimum absolute atomic E-state index is 0.488. The van der Waals surface area contributed by atoms with Crippen LogP contribution in [0.3, 0.4) is 0 Å². The molecule has 0 heterocycles. The highest BCUT2D eigenvalue weighted by Gasteiger charge is 2.13. The fourth-order valence-electron chi connectivity index (χ4n) is 2.24. The van der Waals surface area contributed by atoms with Gasteiger partial charge in [-0.1, -0.05) is 35.9 Å². The second-order valence-electron chi connectivity index (χ2n) is 4.35. The highest BCUT2D eigenvalue weighted by molar-refractivity contribution is 6.31. The number of halogens is 1. The SMILES string of the molecule is COC(=O)Oc1c2ccccc2cc2cc(Cl)ccc12. The zero-order valence-corrected chi connectivity index (χ0v) is 11.5. The van der Waals surface area contributed by atoms with Gasteiger partial charge in [-0.25, -0.2) is 4.79 Å². The first-order valence-electron chi connectivity index (χ1n) is 6.06. The smallest absolute Gasteiger partial charge is 0.437 e. The number of fused-ring (bicyclic) bond motifs is 2. The zero-order valence-electron chi connectivity index (χ0n) is 10.7. The van der Waals surface area contributed by atoms with Crippen LogP contribution in [0.1, 0.15) is 0 Å². The molecule has 3 nitrogen and oxygen atoms in total. The molecule has 0 spiro atoms. The number of ether oxygens (including phenoxy) is 2. The molecule has 0 aliphatic carbocycles. The fourth-order valence-corrected chi connectivity index (χ4v) is 2.42. The van der Waals surface area contributed by atoms with Crippen LogP contribution in [0.4, 0.5) is 4.79 Å². The predicted molar refractivity (Wildman–Crippen MR) is 79.5 cm³/mol. The third-order valence-corrected chi connectivity index (χ3v) is 3.36. The molecule has 0 fully saturated rings. The maximum Gasteiger partial charge on any atom is 0.513 e. The highest BCUT2D eigenvalue weighted by Crippen LogP contribution is 2.36. The minimum Gasteiger partial charge on any atom is -0.437 e. The second-order valence-corrected chi connectivity index (χ2v) is 4.78. The molecule has 0 atom stereocenters. The van der Waals surface area contributed by atoms with Crippen molar-refractivity contribution in [2.24, 2.45) is 0 Å². The van der Waals surface area contributed by atoms with Gasteiger partial charge in [-0.2, -0.15) is 0 Å². The second kappa shape index (κ2) is 5.02. The summed E-state index contributed by atoms with van der Waals surface area (Å²) in [6.45, 7) is 0. The van der Waals surface area contributed by atoms with Crippen molar-refractivity contribution in [1.82, 2.24) is 0 Å². The summed E-state index contributed by atoms with van der Waals surface area (Å²) in [7, 11) is 1.28. The summed E-state index contributed by atoms with van der Waals surface area (Å²) in [4.78, 5) is 11.5. The lowest BCUT2D eigenvalue weighted by molar-refractivity contribution is 0.122. The van der Waals surface area contributed by atoms with Crippen molar-refractivity contribution in [1.29, 1.82) is 0 Å². The average Bonchev–Trinajstić information content (AvgIpc) is 2.46. The number of methoxy groups -OCH3 is 1. The van der Waals surface area contributed by atoms with Gasteiger partial charge >= 0.3 is 6.16 Å². The minimum atomic E-state index is -0.738. The average molecular weight is 287 g/mol. The lowest BCUT2D eigenvalue weighted by Gasteiger charge is -2.11. The summed E-state index contributed by atoms with van der Waals surface area (Å²) in [5.74, 6) is 0.488. The Morgan fingerprint density at radius 1 is 1.00 bits per heavy atom. The number of hydrogen-bond acceptors (Lipinski definition) is 3. The Kier molecular flexibility index (Phi) is 3.20. The standard InChI is InChI=1S/C16H11ClO3/c1-19-16(18)20-15-13-5-3-2-4-10(13)8-11-9-12(17)6-7-14(11)15/h2-9H,1H3. The van der Waals surface area contributed by atoms with Gasteiger partial charge in [0.25, 0.3) is 0 Å². The van der Waals surface area contributed by atoms with Crippen molar-refractivity contribution in [2.45, 2.75) is 0 Å². The van der Waals surface area contributed by atoms with E-state index in [2.05, 4.69) is 4.74 Å². The Bertz CT molecular complexity index is 811. The molecule has 3 rings (SSSR count). The molecule has 20 heavy (non-hydrogen) atoms. The van der Waals surface area contributed by atoms with E-state index < -0.39 is 6.16 Å². The molecule has 0 aliphatic heterocycles. The molecule has 0 aliphatic rings. The Balaban J connectivity index is 2.36.